The summed E-state index contributed by atoms with van der Waals surface area (Å²) < 4.78 is 6.73. The second kappa shape index (κ2) is 20.0. The van der Waals surface area contributed by atoms with Crippen molar-refractivity contribution in [1.29, 1.82) is 0 Å². The Kier molecular flexibility index (Phi) is 15.1. The summed E-state index contributed by atoms with van der Waals surface area (Å²) in [6.45, 7) is 13.0. The third-order valence-corrected chi connectivity index (χ3v) is 11.2. The minimum atomic E-state index is -0.555. The highest BCUT2D eigenvalue weighted by Gasteiger charge is 2.23. The molecule has 10 heteroatoms. The summed E-state index contributed by atoms with van der Waals surface area (Å²) in [5.41, 5.74) is 9.15. The third kappa shape index (κ3) is 11.9. The molecule has 1 heterocycles. The standard InChI is InChI=1S/C29H26BrNO3.C21H22ClNO3/c1-29(2,3)23-12-8-20(9-13-23)25(16-19-4-6-21(7-5-19)27(33)18-32)26-17-28(34-31-26)22-10-14-24(30)15-11-22;1-21(2,3)17-10-8-15(9-11-17)18(20(22)23-26)12-14-4-6-16(7-5-14)19(25)13-24/h4-15,17-18,25H,16H2,1-3H3;4-11,13,18,26H,12H2,1-3H3/b;23-20-. The Hall–Kier alpha value is -5.77. The van der Waals surface area contributed by atoms with Crippen molar-refractivity contribution >= 4 is 56.8 Å². The zero-order chi connectivity index (χ0) is 43.6. The van der Waals surface area contributed by atoms with E-state index in [0.717, 1.165) is 38.0 Å². The van der Waals surface area contributed by atoms with E-state index in [1.54, 1.807) is 36.4 Å². The van der Waals surface area contributed by atoms with Gasteiger partial charge in [0.1, 0.15) is 0 Å². The van der Waals surface area contributed by atoms with E-state index in [1.807, 2.05) is 54.6 Å². The van der Waals surface area contributed by atoms with Crippen molar-refractivity contribution in [2.75, 3.05) is 0 Å². The topological polar surface area (TPSA) is 127 Å². The number of nitrogens with zero attached hydrogens (tertiary/aromatic N) is 2. The molecule has 2 atom stereocenters. The lowest BCUT2D eigenvalue weighted by Gasteiger charge is -2.21. The van der Waals surface area contributed by atoms with Gasteiger partial charge in [-0.15, -0.1) is 0 Å². The molecule has 0 amide bonds. The molecule has 6 aromatic rings. The van der Waals surface area contributed by atoms with Gasteiger partial charge in [-0.1, -0.05) is 189 Å². The van der Waals surface area contributed by atoms with Gasteiger partial charge >= 0.3 is 0 Å². The molecule has 0 saturated heterocycles. The van der Waals surface area contributed by atoms with Gasteiger partial charge in [0.2, 0.25) is 11.6 Å². The molecule has 0 radical (unpaired) electrons. The Morgan fingerprint density at radius 1 is 0.683 bits per heavy atom. The Bertz CT molecular complexity index is 2420. The average molecular weight is 888 g/mol. The maximum Gasteiger partial charge on any atom is 0.225 e. The zero-order valence-corrected chi connectivity index (χ0v) is 36.8. The predicted molar refractivity (Wildman–Crippen MR) is 241 cm³/mol. The summed E-state index contributed by atoms with van der Waals surface area (Å²) in [6.07, 6.45) is 1.82. The van der Waals surface area contributed by atoms with E-state index >= 15 is 0 Å². The molecular formula is C50H48BrClN2O6. The fourth-order valence-electron chi connectivity index (χ4n) is 6.65. The van der Waals surface area contributed by atoms with Gasteiger partial charge in [-0.25, -0.2) is 0 Å². The van der Waals surface area contributed by atoms with Crippen molar-refractivity contribution < 1.29 is 28.9 Å². The fraction of sp³-hybridized carbons (Fsp3) is 0.240. The van der Waals surface area contributed by atoms with Crippen molar-refractivity contribution in [2.45, 2.75) is 77.0 Å². The van der Waals surface area contributed by atoms with Crippen LogP contribution in [0.5, 0.6) is 0 Å². The van der Waals surface area contributed by atoms with Gasteiger partial charge in [-0.05, 0) is 69.2 Å². The van der Waals surface area contributed by atoms with Crippen LogP contribution in [0.2, 0.25) is 0 Å². The fourth-order valence-corrected chi connectivity index (χ4v) is 7.12. The van der Waals surface area contributed by atoms with Crippen LogP contribution in [0.25, 0.3) is 11.3 Å². The molecule has 60 heavy (non-hydrogen) atoms. The number of hydrogen-bond donors (Lipinski definition) is 1. The first-order chi connectivity index (χ1) is 28.5. The highest BCUT2D eigenvalue weighted by Crippen LogP contribution is 2.34. The van der Waals surface area contributed by atoms with Crippen molar-refractivity contribution in [3.8, 4) is 11.3 Å². The Morgan fingerprint density at radius 2 is 1.13 bits per heavy atom. The van der Waals surface area contributed by atoms with E-state index < -0.39 is 11.6 Å². The van der Waals surface area contributed by atoms with Crippen molar-refractivity contribution in [3.63, 3.8) is 0 Å². The number of ketones is 2. The molecule has 308 valence electrons. The molecule has 0 saturated carbocycles. The average Bonchev–Trinajstić information content (AvgIpc) is 3.74. The molecule has 0 aliphatic carbocycles. The smallest absolute Gasteiger partial charge is 0.225 e. The quantitative estimate of drug-likeness (QED) is 0.0305. The van der Waals surface area contributed by atoms with Crippen molar-refractivity contribution in [2.24, 2.45) is 5.16 Å². The lowest BCUT2D eigenvalue weighted by Crippen LogP contribution is -2.13. The van der Waals surface area contributed by atoms with E-state index in [9.17, 15) is 19.2 Å². The van der Waals surface area contributed by atoms with Gasteiger partial charge in [0, 0.05) is 39.1 Å². The van der Waals surface area contributed by atoms with Gasteiger partial charge in [0.15, 0.2) is 23.5 Å². The van der Waals surface area contributed by atoms with Gasteiger partial charge in [0.05, 0.1) is 5.69 Å². The number of rotatable bonds is 13. The molecule has 2 unspecified atom stereocenters. The SMILES string of the molecule is CC(C)(C)c1ccc(C(Cc2ccc(C(=O)C=O)cc2)/C(Cl)=N/O)cc1.CC(C)(C)c1ccc(C(Cc2ccc(C(=O)C=O)cc2)c2cc(-c3ccc(Br)cc3)on2)cc1. The molecule has 0 fully saturated rings. The van der Waals surface area contributed by atoms with E-state index in [4.69, 9.17) is 21.3 Å². The monoisotopic (exact) mass is 886 g/mol. The van der Waals surface area contributed by atoms with Crippen LogP contribution >= 0.6 is 27.5 Å². The third-order valence-electron chi connectivity index (χ3n) is 10.3. The molecule has 1 aromatic heterocycles. The first-order valence-electron chi connectivity index (χ1n) is 19.5. The number of hydrogen-bond acceptors (Lipinski definition) is 8. The van der Waals surface area contributed by atoms with Crippen LogP contribution in [-0.4, -0.2) is 39.7 Å². The number of aldehydes is 2. The summed E-state index contributed by atoms with van der Waals surface area (Å²) >= 11 is 9.61. The molecule has 0 aliphatic rings. The van der Waals surface area contributed by atoms with Crippen LogP contribution in [0.3, 0.4) is 0 Å². The number of oxime groups is 1. The van der Waals surface area contributed by atoms with Crippen LogP contribution in [0, 0.1) is 0 Å². The number of halogens is 2. The van der Waals surface area contributed by atoms with Crippen LogP contribution in [0.15, 0.2) is 142 Å². The minimum Gasteiger partial charge on any atom is -0.410 e. The number of benzene rings is 5. The van der Waals surface area contributed by atoms with Gasteiger partial charge < -0.3 is 9.73 Å². The molecule has 1 N–H and O–H groups in total. The van der Waals surface area contributed by atoms with Gasteiger partial charge in [-0.3, -0.25) is 19.2 Å². The number of carbonyl (C=O) groups is 4. The number of aromatic nitrogens is 1. The molecular weight excluding hydrogens is 840 g/mol. The van der Waals surface area contributed by atoms with Crippen molar-refractivity contribution in [1.82, 2.24) is 5.16 Å². The summed E-state index contributed by atoms with van der Waals surface area (Å²) in [5.74, 6) is -0.694. The zero-order valence-electron chi connectivity index (χ0n) is 34.5. The maximum absolute atomic E-state index is 11.7. The normalized spacial score (nSPS) is 12.8. The maximum atomic E-state index is 11.7. The highest BCUT2D eigenvalue weighted by molar-refractivity contribution is 9.10. The second-order valence-corrected chi connectivity index (χ2v) is 18.0. The predicted octanol–water partition coefficient (Wildman–Crippen LogP) is 11.9. The molecule has 5 aromatic carbocycles. The Labute approximate surface area is 364 Å². The molecule has 0 aliphatic heterocycles. The molecule has 0 spiro atoms. The second-order valence-electron chi connectivity index (χ2n) is 16.7. The van der Waals surface area contributed by atoms with E-state index in [-0.39, 0.29) is 27.8 Å². The summed E-state index contributed by atoms with van der Waals surface area (Å²) in [7, 11) is 0. The lowest BCUT2D eigenvalue weighted by molar-refractivity contribution is -0.105. The minimum absolute atomic E-state index is 0.0328. The van der Waals surface area contributed by atoms with E-state index in [0.29, 0.717) is 42.3 Å². The number of Topliss-reactive ketones (excluding diaryl/α,β-unsaturated/α-hetero) is 2. The Morgan fingerprint density at radius 3 is 1.57 bits per heavy atom. The van der Waals surface area contributed by atoms with Crippen LogP contribution in [-0.2, 0) is 33.3 Å². The van der Waals surface area contributed by atoms with Crippen molar-refractivity contribution in [3.05, 3.63) is 182 Å². The molecule has 0 bridgehead atoms. The molecule has 6 rings (SSSR count). The lowest BCUT2D eigenvalue weighted by atomic mass is 9.83. The van der Waals surface area contributed by atoms with Gasteiger partial charge in [0.25, 0.3) is 0 Å². The summed E-state index contributed by atoms with van der Waals surface area (Å²) in [5, 5.41) is 16.9. The van der Waals surface area contributed by atoms with Gasteiger partial charge in [-0.2, -0.15) is 0 Å². The summed E-state index contributed by atoms with van der Waals surface area (Å²) in [6, 6.07) is 40.6. The van der Waals surface area contributed by atoms with Crippen LogP contribution in [0.4, 0.5) is 0 Å². The summed E-state index contributed by atoms with van der Waals surface area (Å²) in [4.78, 5) is 44.4. The number of carbonyl (C=O) groups excluding carboxylic acids is 4. The van der Waals surface area contributed by atoms with Crippen LogP contribution in [0.1, 0.15) is 113 Å². The largest absolute Gasteiger partial charge is 0.410 e. The Balaban J connectivity index is 0.000000237. The van der Waals surface area contributed by atoms with E-state index in [2.05, 4.69) is 104 Å². The molecule has 8 nitrogen and oxygen atoms in total. The first kappa shape index (κ1) is 45.3. The van der Waals surface area contributed by atoms with Crippen LogP contribution < -0.4 is 0 Å². The van der Waals surface area contributed by atoms with E-state index in [1.165, 1.54) is 11.1 Å². The first-order valence-corrected chi connectivity index (χ1v) is 20.7. The highest BCUT2D eigenvalue weighted by atomic mass is 79.9.